The smallest absolute Gasteiger partial charge is 0.320 e. The molecule has 604 valence electrons. The number of ketones is 1. The summed E-state index contributed by atoms with van der Waals surface area (Å²) in [5, 5.41) is 109. The Morgan fingerprint density at radius 1 is 0.473 bits per heavy atom. The maximum absolute atomic E-state index is 14.6. The lowest BCUT2D eigenvalue weighted by Crippen LogP contribution is -2.57. The van der Waals surface area contributed by atoms with Crippen molar-refractivity contribution in [1.29, 1.82) is 0 Å². The highest BCUT2D eigenvalue weighted by Gasteiger charge is 2.36. The normalized spacial score (nSPS) is 16.4. The third-order valence-corrected chi connectivity index (χ3v) is 20.3. The Kier molecular flexibility index (Phi) is 29.8. The summed E-state index contributed by atoms with van der Waals surface area (Å²) in [6, 6.07) is 16.3. The average Bonchev–Trinajstić information content (AvgIpc) is 1.61. The Balaban J connectivity index is 0.874. The molecule has 0 saturated carbocycles. The van der Waals surface area contributed by atoms with Gasteiger partial charge in [-0.25, -0.2) is 0 Å². The zero-order valence-electron chi connectivity index (χ0n) is 64.3. The van der Waals surface area contributed by atoms with Gasteiger partial charge >= 0.3 is 23.9 Å². The first kappa shape index (κ1) is 85.0. The molecule has 3 aliphatic heterocycles. The number of aromatic hydroxyl groups is 4. The fourth-order valence-electron chi connectivity index (χ4n) is 14.2. The number of aromatic nitrogens is 6. The number of carbonyl (C=O) groups excluding carboxylic acids is 6. The molecule has 0 bridgehead atoms. The van der Waals surface area contributed by atoms with Crippen LogP contribution in [0, 0.1) is 0 Å². The zero-order valence-corrected chi connectivity index (χ0v) is 64.3. The Labute approximate surface area is 648 Å². The van der Waals surface area contributed by atoms with Crippen molar-refractivity contribution in [2.24, 2.45) is 0 Å². The van der Waals surface area contributed by atoms with E-state index in [-0.39, 0.29) is 173 Å². The van der Waals surface area contributed by atoms with E-state index in [2.05, 4.69) is 46.1 Å². The predicted octanol–water partition coefficient (Wildman–Crippen LogP) is 3.06. The molecule has 2 aromatic heterocycles. The van der Waals surface area contributed by atoms with E-state index in [0.717, 1.165) is 11.1 Å². The lowest BCUT2D eigenvalue weighted by Gasteiger charge is -2.36. The maximum atomic E-state index is 14.6. The Morgan fingerprint density at radius 3 is 1.31 bits per heavy atom. The second kappa shape index (κ2) is 39.3. The molecule has 112 heavy (non-hydrogen) atoms. The number of rotatable bonds is 32. The van der Waals surface area contributed by atoms with Gasteiger partial charge in [0.25, 0.3) is 5.91 Å². The molecule has 35 heteroatoms. The van der Waals surface area contributed by atoms with Crippen LogP contribution in [0.3, 0.4) is 0 Å². The van der Waals surface area contributed by atoms with Gasteiger partial charge in [-0.1, -0.05) is 58.9 Å². The molecular formula is C77H103N17O18. The number of piperazine rings is 2. The number of nitrogens with zero attached hydrogens (tertiary/aromatic N) is 14. The number of carbonyl (C=O) groups is 10. The van der Waals surface area contributed by atoms with E-state index in [1.54, 1.807) is 50.5 Å². The Bertz CT molecular complexity index is 4310. The average molecular weight is 1550 g/mol. The zero-order chi connectivity index (χ0) is 81.2. The fourth-order valence-corrected chi connectivity index (χ4v) is 14.2. The molecule has 3 atom stereocenters. The van der Waals surface area contributed by atoms with Crippen LogP contribution in [0.5, 0.6) is 23.0 Å². The molecule has 3 saturated heterocycles. The summed E-state index contributed by atoms with van der Waals surface area (Å²) >= 11 is 0. The summed E-state index contributed by atoms with van der Waals surface area (Å²) in [5.74, 6) is -8.67. The molecule has 11 N–H and O–H groups in total. The SMILES string of the molecule is CCCC(=O)c1nnc(-c2cc(C(C)C)c(O)cc2O)n1-c1ccc(CN2CCN(C(=O)[C@H](C)NC(=O)[C@@H](CC(=O)N3CCN(Cc4ccc(-n5c(C(=O)NCC)nnc5-c5cc(C(C)C)c(O)cc5O)cc4)CC3)NC(=O)CC[C@H](C(=O)O)N3CCN(CC(=O)O)CCN(CC(=O)O)CCN(CC(=O)O)CC3)CC2)cc1. The minimum atomic E-state index is -1.57. The van der Waals surface area contributed by atoms with Crippen molar-refractivity contribution in [3.05, 3.63) is 107 Å². The Hall–Kier alpha value is -11.0. The van der Waals surface area contributed by atoms with Gasteiger partial charge in [-0.05, 0) is 97.2 Å². The number of nitrogens with one attached hydrogen (secondary N) is 3. The van der Waals surface area contributed by atoms with Crippen LogP contribution < -0.4 is 16.0 Å². The Morgan fingerprint density at radius 2 is 0.893 bits per heavy atom. The molecule has 0 aliphatic carbocycles. The molecule has 0 spiro atoms. The first-order valence-electron chi connectivity index (χ1n) is 37.8. The number of hydrogen-bond acceptors (Lipinski definition) is 24. The van der Waals surface area contributed by atoms with Crippen molar-refractivity contribution in [3.63, 3.8) is 0 Å². The van der Waals surface area contributed by atoms with Gasteiger partial charge in [0, 0.05) is 161 Å². The van der Waals surface area contributed by atoms with E-state index in [4.69, 9.17) is 0 Å². The van der Waals surface area contributed by atoms with Crippen LogP contribution in [0.25, 0.3) is 34.2 Å². The number of Topliss-reactive ketones (excluding diaryl/α,β-unsaturated/α-hetero) is 1. The van der Waals surface area contributed by atoms with Crippen LogP contribution in [0.15, 0.2) is 72.8 Å². The monoisotopic (exact) mass is 1550 g/mol. The number of carboxylic acid groups (broad SMARTS) is 4. The van der Waals surface area contributed by atoms with Crippen molar-refractivity contribution in [1.82, 2.24) is 84.7 Å². The third-order valence-electron chi connectivity index (χ3n) is 20.3. The summed E-state index contributed by atoms with van der Waals surface area (Å²) in [7, 11) is 0. The van der Waals surface area contributed by atoms with Crippen LogP contribution in [0.1, 0.15) is 136 Å². The molecule has 9 rings (SSSR count). The summed E-state index contributed by atoms with van der Waals surface area (Å²) in [5.41, 5.74) is 4.50. The molecule has 5 heterocycles. The van der Waals surface area contributed by atoms with Crippen LogP contribution in [0.2, 0.25) is 0 Å². The topological polar surface area (TPSA) is 456 Å². The van der Waals surface area contributed by atoms with Gasteiger partial charge in [0.05, 0.1) is 37.2 Å². The molecule has 3 aliphatic rings. The van der Waals surface area contributed by atoms with Crippen molar-refractivity contribution < 1.29 is 88.8 Å². The number of benzene rings is 4. The minimum absolute atomic E-state index is 0.00307. The third kappa shape index (κ3) is 22.4. The van der Waals surface area contributed by atoms with E-state index in [1.165, 1.54) is 38.3 Å². The first-order valence-corrected chi connectivity index (χ1v) is 37.8. The van der Waals surface area contributed by atoms with Crippen LogP contribution in [-0.2, 0) is 51.4 Å². The van der Waals surface area contributed by atoms with Crippen LogP contribution in [-0.4, -0.2) is 318 Å². The van der Waals surface area contributed by atoms with E-state index < -0.39 is 97.5 Å². The summed E-state index contributed by atoms with van der Waals surface area (Å²) < 4.78 is 3.12. The molecule has 5 amide bonds. The summed E-state index contributed by atoms with van der Waals surface area (Å²) in [6.45, 7) is 15.5. The number of hydrogen-bond donors (Lipinski definition) is 11. The fraction of sp³-hybridized carbons (Fsp3) is 0.506. The molecule has 4 aromatic carbocycles. The highest BCUT2D eigenvalue weighted by molar-refractivity contribution is 5.96. The molecular weight excluding hydrogens is 1450 g/mol. The van der Waals surface area contributed by atoms with Gasteiger partial charge in [0.1, 0.15) is 41.1 Å². The number of amides is 5. The lowest BCUT2D eigenvalue weighted by atomic mass is 9.98. The number of carboxylic acids is 4. The van der Waals surface area contributed by atoms with Gasteiger partial charge in [-0.15, -0.1) is 20.4 Å². The van der Waals surface area contributed by atoms with Gasteiger partial charge in [0.15, 0.2) is 11.6 Å². The van der Waals surface area contributed by atoms with Gasteiger partial charge in [0.2, 0.25) is 41.1 Å². The largest absolute Gasteiger partial charge is 0.508 e. The summed E-state index contributed by atoms with van der Waals surface area (Å²) in [4.78, 5) is 147. The van der Waals surface area contributed by atoms with Crippen molar-refractivity contribution in [2.45, 2.75) is 124 Å². The molecule has 35 nitrogen and oxygen atoms in total. The van der Waals surface area contributed by atoms with E-state index in [0.29, 0.717) is 74.7 Å². The maximum Gasteiger partial charge on any atom is 0.320 e. The van der Waals surface area contributed by atoms with E-state index in [1.807, 2.05) is 71.0 Å². The molecule has 0 unspecified atom stereocenters. The van der Waals surface area contributed by atoms with Gasteiger partial charge in [-0.3, -0.25) is 86.5 Å². The quantitative estimate of drug-likeness (QED) is 0.0270. The standard InChI is InChI=1S/C77H103N17O18/c1-8-10-60(95)72-83-81-70(56-37-54(47(3)4)61(96)40-63(56)98)93(72)52-15-11-50(12-16-52)43-86-29-35-92(36-30-86)76(110)49(7)79-74(108)58(80-65(100)20-19-59(77(111)112)90-31-25-88(45-68(104)105)23-21-87(44-67(102)103)22-24-89(26-32-90)46-69(106)107)39-66(101)91-33-27-85(28-34-91)42-51-13-17-53(18-14-51)94-71(82-84-73(94)75(109)78-9-2)57-38-55(48(5)6)62(97)41-64(57)99/h11-18,37-38,40-41,47-49,58-59,96-99H,8-10,19-36,39,42-46H2,1-7H3,(H,78,109)(H,79,108)(H,80,100)(H,102,103)(H,104,105)(H,106,107)(H,111,112)/t49-,58+,59+/m0/s1. The molecule has 3 fully saturated rings. The number of phenols is 4. The van der Waals surface area contributed by atoms with Gasteiger partial charge in [-0.2, -0.15) is 0 Å². The second-order valence-electron chi connectivity index (χ2n) is 29.1. The van der Waals surface area contributed by atoms with Crippen LogP contribution >= 0.6 is 0 Å². The van der Waals surface area contributed by atoms with Crippen molar-refractivity contribution >= 4 is 59.2 Å². The van der Waals surface area contributed by atoms with Crippen LogP contribution in [0.4, 0.5) is 0 Å². The molecule has 0 radical (unpaired) electrons. The highest BCUT2D eigenvalue weighted by atomic mass is 16.4. The van der Waals surface area contributed by atoms with E-state index in [9.17, 15) is 88.8 Å². The van der Waals surface area contributed by atoms with Gasteiger partial charge < -0.3 is 66.6 Å². The first-order chi connectivity index (χ1) is 53.4. The van der Waals surface area contributed by atoms with Crippen molar-refractivity contribution in [3.8, 4) is 57.1 Å². The number of aliphatic carboxylic acids is 4. The number of phenolic OH excluding ortho intramolecular Hbond substituents is 4. The lowest BCUT2D eigenvalue weighted by molar-refractivity contribution is -0.145. The van der Waals surface area contributed by atoms with Crippen molar-refractivity contribution in [2.75, 3.05) is 131 Å². The second-order valence-corrected chi connectivity index (χ2v) is 29.1. The molecule has 6 aromatic rings. The van der Waals surface area contributed by atoms with E-state index >= 15 is 0 Å². The minimum Gasteiger partial charge on any atom is -0.508 e. The highest BCUT2D eigenvalue weighted by Crippen LogP contribution is 2.40. The summed E-state index contributed by atoms with van der Waals surface area (Å²) in [6.07, 6.45) is -0.632. The predicted molar refractivity (Wildman–Crippen MR) is 408 cm³/mol.